The van der Waals surface area contributed by atoms with E-state index in [1.807, 2.05) is 0 Å². The van der Waals surface area contributed by atoms with Crippen LogP contribution >= 0.6 is 0 Å². The van der Waals surface area contributed by atoms with Gasteiger partial charge in [0.05, 0.1) is 23.2 Å². The lowest BCUT2D eigenvalue weighted by molar-refractivity contribution is -0.118. The number of methoxy groups -OCH3 is 1. The summed E-state index contributed by atoms with van der Waals surface area (Å²) in [6.07, 6.45) is 2.67. The van der Waals surface area contributed by atoms with Crippen LogP contribution in [0.1, 0.15) is 19.3 Å². The molecule has 3 aromatic rings. The molecular formula is C22H25N3O6S. The fourth-order valence-corrected chi connectivity index (χ4v) is 5.43. The molecule has 1 saturated heterocycles. The number of carbonyl (C=O) groups excluding carboxylic acids is 1. The standard InChI is InChI=1S/C22H25N3O6S/c1-23(17-8-4-5-9-19(17)30-2)21(26)15-25-18-11-10-16(14-20(18)31-22(25)27)32(28,29)24-12-6-3-7-13-24/h4-5,8-11,14H,3,6-7,12-13,15H2,1-2H3. The largest absolute Gasteiger partial charge is 0.495 e. The smallest absolute Gasteiger partial charge is 0.420 e. The molecule has 1 amide bonds. The Morgan fingerprint density at radius 2 is 1.84 bits per heavy atom. The molecule has 1 aromatic heterocycles. The zero-order chi connectivity index (χ0) is 22.9. The molecule has 2 aromatic carbocycles. The molecule has 170 valence electrons. The van der Waals surface area contributed by atoms with E-state index in [1.165, 1.54) is 39.1 Å². The van der Waals surface area contributed by atoms with Crippen LogP contribution in [0.2, 0.25) is 0 Å². The van der Waals surface area contributed by atoms with Gasteiger partial charge in [0.2, 0.25) is 15.9 Å². The molecule has 2 heterocycles. The molecule has 1 aliphatic heterocycles. The van der Waals surface area contributed by atoms with Gasteiger partial charge in [-0.05, 0) is 37.1 Å². The van der Waals surface area contributed by atoms with Crippen LogP contribution < -0.4 is 15.4 Å². The zero-order valence-electron chi connectivity index (χ0n) is 18.0. The summed E-state index contributed by atoms with van der Waals surface area (Å²) < 4.78 is 39.1. The van der Waals surface area contributed by atoms with E-state index in [0.717, 1.165) is 19.3 Å². The molecule has 1 aliphatic rings. The molecule has 0 N–H and O–H groups in total. The van der Waals surface area contributed by atoms with Crippen LogP contribution in [0.4, 0.5) is 5.69 Å². The molecule has 10 heteroatoms. The van der Waals surface area contributed by atoms with E-state index in [0.29, 0.717) is 30.0 Å². The van der Waals surface area contributed by atoms with Gasteiger partial charge in [0.1, 0.15) is 12.3 Å². The number of oxazole rings is 1. The molecule has 0 bridgehead atoms. The molecule has 4 rings (SSSR count). The maximum atomic E-state index is 12.9. The van der Waals surface area contributed by atoms with E-state index in [4.69, 9.17) is 9.15 Å². The summed E-state index contributed by atoms with van der Waals surface area (Å²) in [5, 5.41) is 0. The first-order valence-corrected chi connectivity index (χ1v) is 11.8. The SMILES string of the molecule is COc1ccccc1N(C)C(=O)Cn1c(=O)oc2cc(S(=O)(=O)N3CCCCC3)ccc21. The summed E-state index contributed by atoms with van der Waals surface area (Å²) in [7, 11) is -0.556. The van der Waals surface area contributed by atoms with Crippen molar-refractivity contribution in [1.82, 2.24) is 8.87 Å². The molecule has 0 radical (unpaired) electrons. The second-order valence-electron chi connectivity index (χ2n) is 7.67. The number of carbonyl (C=O) groups is 1. The minimum atomic E-state index is -3.66. The number of para-hydroxylation sites is 2. The van der Waals surface area contributed by atoms with Crippen LogP contribution in [0.3, 0.4) is 0 Å². The Morgan fingerprint density at radius 3 is 2.56 bits per heavy atom. The number of anilines is 1. The van der Waals surface area contributed by atoms with Crippen LogP contribution in [0.25, 0.3) is 11.1 Å². The molecule has 0 saturated carbocycles. The van der Waals surface area contributed by atoms with E-state index >= 15 is 0 Å². The summed E-state index contributed by atoms with van der Waals surface area (Å²) in [6.45, 7) is 0.697. The van der Waals surface area contributed by atoms with Gasteiger partial charge in [-0.3, -0.25) is 9.36 Å². The van der Waals surface area contributed by atoms with E-state index in [-0.39, 0.29) is 22.9 Å². The lowest BCUT2D eigenvalue weighted by Crippen LogP contribution is -2.35. The van der Waals surface area contributed by atoms with E-state index < -0.39 is 15.8 Å². The number of sulfonamides is 1. The Balaban J connectivity index is 1.62. The van der Waals surface area contributed by atoms with Gasteiger partial charge in [0.15, 0.2) is 5.58 Å². The topological polar surface area (TPSA) is 102 Å². The van der Waals surface area contributed by atoms with Gasteiger partial charge in [-0.1, -0.05) is 18.6 Å². The maximum Gasteiger partial charge on any atom is 0.420 e. The maximum absolute atomic E-state index is 12.9. The highest BCUT2D eigenvalue weighted by Gasteiger charge is 2.27. The summed E-state index contributed by atoms with van der Waals surface area (Å²) in [4.78, 5) is 26.8. The normalized spacial score (nSPS) is 15.1. The first-order valence-electron chi connectivity index (χ1n) is 10.4. The Kier molecular flexibility index (Phi) is 6.07. The number of hydrogen-bond acceptors (Lipinski definition) is 6. The number of rotatable bonds is 6. The van der Waals surface area contributed by atoms with Gasteiger partial charge in [-0.15, -0.1) is 0 Å². The number of ether oxygens (including phenoxy) is 1. The van der Waals surface area contributed by atoms with E-state index in [1.54, 1.807) is 31.3 Å². The second-order valence-corrected chi connectivity index (χ2v) is 9.61. The van der Waals surface area contributed by atoms with Gasteiger partial charge >= 0.3 is 5.76 Å². The third kappa shape index (κ3) is 4.03. The van der Waals surface area contributed by atoms with Gasteiger partial charge in [0, 0.05) is 26.2 Å². The van der Waals surface area contributed by atoms with Gasteiger partial charge in [-0.25, -0.2) is 13.2 Å². The van der Waals surface area contributed by atoms with Crippen LogP contribution in [0.5, 0.6) is 5.75 Å². The Hall–Kier alpha value is -3.11. The molecule has 1 fully saturated rings. The van der Waals surface area contributed by atoms with Crippen molar-refractivity contribution in [3.8, 4) is 5.75 Å². The second kappa shape index (κ2) is 8.79. The monoisotopic (exact) mass is 459 g/mol. The molecule has 9 nitrogen and oxygen atoms in total. The van der Waals surface area contributed by atoms with Crippen molar-refractivity contribution >= 4 is 32.7 Å². The fourth-order valence-electron chi connectivity index (χ4n) is 3.89. The average molecular weight is 460 g/mol. The number of aromatic nitrogens is 1. The summed E-state index contributed by atoms with van der Waals surface area (Å²) in [5.41, 5.74) is 1.05. The Bertz CT molecular complexity index is 1300. The van der Waals surface area contributed by atoms with Crippen molar-refractivity contribution in [2.45, 2.75) is 30.7 Å². The van der Waals surface area contributed by atoms with Crippen molar-refractivity contribution in [3.63, 3.8) is 0 Å². The van der Waals surface area contributed by atoms with Crippen molar-refractivity contribution in [2.24, 2.45) is 0 Å². The molecule has 0 aliphatic carbocycles. The average Bonchev–Trinajstić information content (AvgIpc) is 3.13. The van der Waals surface area contributed by atoms with Crippen LogP contribution in [0, 0.1) is 0 Å². The van der Waals surface area contributed by atoms with Crippen LogP contribution in [-0.4, -0.2) is 50.4 Å². The van der Waals surface area contributed by atoms with Gasteiger partial charge in [0.25, 0.3) is 0 Å². The molecule has 0 atom stereocenters. The third-order valence-corrected chi connectivity index (χ3v) is 7.60. The van der Waals surface area contributed by atoms with Crippen LogP contribution in [0.15, 0.2) is 56.6 Å². The highest BCUT2D eigenvalue weighted by Crippen LogP contribution is 2.27. The lowest BCUT2D eigenvalue weighted by Gasteiger charge is -2.25. The quantitative estimate of drug-likeness (QED) is 0.561. The highest BCUT2D eigenvalue weighted by molar-refractivity contribution is 7.89. The molecular weight excluding hydrogens is 434 g/mol. The number of likely N-dealkylation sites (N-methyl/N-ethyl adjacent to an activating group) is 1. The summed E-state index contributed by atoms with van der Waals surface area (Å²) in [5.74, 6) is -0.557. The number of amides is 1. The first-order chi connectivity index (χ1) is 15.3. The van der Waals surface area contributed by atoms with Crippen LogP contribution in [-0.2, 0) is 21.4 Å². The number of nitrogens with zero attached hydrogens (tertiary/aromatic N) is 3. The summed E-state index contributed by atoms with van der Waals surface area (Å²) >= 11 is 0. The lowest BCUT2D eigenvalue weighted by atomic mass is 10.2. The van der Waals surface area contributed by atoms with Gasteiger partial charge < -0.3 is 14.1 Å². The van der Waals surface area contributed by atoms with E-state index in [2.05, 4.69) is 0 Å². The minimum Gasteiger partial charge on any atom is -0.495 e. The predicted octanol–water partition coefficient (Wildman–Crippen LogP) is 2.44. The molecule has 32 heavy (non-hydrogen) atoms. The summed E-state index contributed by atoms with van der Waals surface area (Å²) in [6, 6.07) is 11.4. The Morgan fingerprint density at radius 1 is 1.12 bits per heavy atom. The zero-order valence-corrected chi connectivity index (χ0v) is 18.8. The number of benzene rings is 2. The highest BCUT2D eigenvalue weighted by atomic mass is 32.2. The number of piperidine rings is 1. The van der Waals surface area contributed by atoms with Crippen molar-refractivity contribution < 1.29 is 22.4 Å². The predicted molar refractivity (Wildman–Crippen MR) is 119 cm³/mol. The molecule has 0 unspecified atom stereocenters. The first kappa shape index (κ1) is 22.1. The number of hydrogen-bond donors (Lipinski definition) is 0. The van der Waals surface area contributed by atoms with Gasteiger partial charge in [-0.2, -0.15) is 4.31 Å². The molecule has 0 spiro atoms. The van der Waals surface area contributed by atoms with E-state index in [9.17, 15) is 18.0 Å². The van der Waals surface area contributed by atoms with Crippen molar-refractivity contribution in [2.75, 3.05) is 32.1 Å². The minimum absolute atomic E-state index is 0.0743. The fraction of sp³-hybridized carbons (Fsp3) is 0.364. The Labute approximate surface area is 185 Å². The van der Waals surface area contributed by atoms with Crippen molar-refractivity contribution in [3.05, 3.63) is 53.0 Å². The third-order valence-electron chi connectivity index (χ3n) is 5.71. The van der Waals surface area contributed by atoms with Crippen molar-refractivity contribution in [1.29, 1.82) is 0 Å². The number of fused-ring (bicyclic) bond motifs is 1.